The van der Waals surface area contributed by atoms with E-state index in [1.165, 1.54) is 7.11 Å². The Morgan fingerprint density at radius 2 is 2.05 bits per heavy atom. The molecule has 1 N–H and O–H groups in total. The Morgan fingerprint density at radius 3 is 2.68 bits per heavy atom. The first-order valence-corrected chi connectivity index (χ1v) is 5.97. The monoisotopic (exact) mass is 260 g/mol. The number of benzene rings is 1. The van der Waals surface area contributed by atoms with E-state index in [0.29, 0.717) is 12.2 Å². The molecule has 0 saturated carbocycles. The smallest absolute Gasteiger partial charge is 0.373 e. The van der Waals surface area contributed by atoms with Gasteiger partial charge < -0.3 is 14.3 Å². The number of rotatable bonds is 3. The van der Waals surface area contributed by atoms with Gasteiger partial charge in [-0.05, 0) is 43.2 Å². The fourth-order valence-corrected chi connectivity index (χ4v) is 2.06. The van der Waals surface area contributed by atoms with Gasteiger partial charge >= 0.3 is 5.97 Å². The van der Waals surface area contributed by atoms with E-state index < -0.39 is 5.97 Å². The molecule has 1 aromatic heterocycles. The highest BCUT2D eigenvalue weighted by molar-refractivity contribution is 5.86. The number of methoxy groups -OCH3 is 1. The molecule has 0 aliphatic carbocycles. The maximum Gasteiger partial charge on any atom is 0.373 e. The second-order valence-electron chi connectivity index (χ2n) is 4.51. The molecule has 4 nitrogen and oxygen atoms in total. The van der Waals surface area contributed by atoms with Crippen molar-refractivity contribution in [1.29, 1.82) is 0 Å². The highest BCUT2D eigenvalue weighted by Gasteiger charge is 2.13. The Labute approximate surface area is 111 Å². The average Bonchev–Trinajstić information content (AvgIpc) is 2.81. The Morgan fingerprint density at radius 1 is 1.32 bits per heavy atom. The van der Waals surface area contributed by atoms with E-state index in [9.17, 15) is 9.90 Å². The predicted molar refractivity (Wildman–Crippen MR) is 70.4 cm³/mol. The van der Waals surface area contributed by atoms with Crippen molar-refractivity contribution in [3.63, 3.8) is 0 Å². The molecule has 0 fully saturated rings. The third kappa shape index (κ3) is 2.78. The molecule has 0 spiro atoms. The quantitative estimate of drug-likeness (QED) is 0.862. The summed E-state index contributed by atoms with van der Waals surface area (Å²) in [5, 5.41) is 9.96. The number of carbonyl (C=O) groups is 1. The van der Waals surface area contributed by atoms with E-state index >= 15 is 0 Å². The van der Waals surface area contributed by atoms with Crippen LogP contribution in [0, 0.1) is 13.8 Å². The van der Waals surface area contributed by atoms with Crippen LogP contribution in [0.15, 0.2) is 28.7 Å². The zero-order chi connectivity index (χ0) is 14.0. The number of carbonyl (C=O) groups excluding carboxylic acids is 1. The molecule has 2 rings (SSSR count). The Balaban J connectivity index is 2.27. The Bertz CT molecular complexity index is 587. The molecule has 0 unspecified atom stereocenters. The second-order valence-corrected chi connectivity index (χ2v) is 4.51. The lowest BCUT2D eigenvalue weighted by Crippen LogP contribution is -1.98. The minimum Gasteiger partial charge on any atom is -0.508 e. The van der Waals surface area contributed by atoms with Gasteiger partial charge in [-0.1, -0.05) is 6.07 Å². The van der Waals surface area contributed by atoms with Crippen LogP contribution >= 0.6 is 0 Å². The number of hydrogen-bond acceptors (Lipinski definition) is 4. The second kappa shape index (κ2) is 5.18. The molecule has 19 heavy (non-hydrogen) atoms. The van der Waals surface area contributed by atoms with E-state index in [2.05, 4.69) is 4.74 Å². The van der Waals surface area contributed by atoms with Crippen molar-refractivity contribution < 1.29 is 19.1 Å². The molecule has 0 atom stereocenters. The van der Waals surface area contributed by atoms with Crippen LogP contribution in [0.2, 0.25) is 0 Å². The Kier molecular flexibility index (Phi) is 3.60. The number of esters is 1. The highest BCUT2D eigenvalue weighted by atomic mass is 16.5. The van der Waals surface area contributed by atoms with E-state index in [0.717, 1.165) is 16.7 Å². The summed E-state index contributed by atoms with van der Waals surface area (Å²) in [6, 6.07) is 7.00. The van der Waals surface area contributed by atoms with Crippen LogP contribution in [0.1, 0.15) is 33.0 Å². The Hall–Kier alpha value is -2.23. The van der Waals surface area contributed by atoms with Crippen LogP contribution in [0.5, 0.6) is 5.75 Å². The van der Waals surface area contributed by atoms with Crippen molar-refractivity contribution in [1.82, 2.24) is 0 Å². The summed E-state index contributed by atoms with van der Waals surface area (Å²) in [7, 11) is 1.31. The lowest BCUT2D eigenvalue weighted by Gasteiger charge is -2.08. The average molecular weight is 260 g/mol. The molecule has 0 saturated heterocycles. The summed E-state index contributed by atoms with van der Waals surface area (Å²) in [5.41, 5.74) is 2.80. The number of aryl methyl sites for hydroxylation is 2. The van der Waals surface area contributed by atoms with Crippen molar-refractivity contribution in [2.45, 2.75) is 20.3 Å². The number of ether oxygens (including phenoxy) is 1. The molecular formula is C15H16O4. The first-order valence-electron chi connectivity index (χ1n) is 5.97. The minimum absolute atomic E-state index is 0.168. The van der Waals surface area contributed by atoms with E-state index in [1.54, 1.807) is 18.2 Å². The zero-order valence-corrected chi connectivity index (χ0v) is 11.2. The van der Waals surface area contributed by atoms with Gasteiger partial charge in [-0.3, -0.25) is 0 Å². The summed E-state index contributed by atoms with van der Waals surface area (Å²) in [5.74, 6) is 0.522. The van der Waals surface area contributed by atoms with Gasteiger partial charge in [-0.2, -0.15) is 0 Å². The molecule has 100 valence electrons. The standard InChI is InChI=1S/C15H16O4/c1-9-6-10(2)12(13(16)7-9)8-11-4-5-14(19-11)15(17)18-3/h4-7,16H,8H2,1-3H3. The predicted octanol–water partition coefficient (Wildman–Crippen LogP) is 2.98. The number of hydrogen-bond donors (Lipinski definition) is 1. The third-order valence-electron chi connectivity index (χ3n) is 2.99. The van der Waals surface area contributed by atoms with Gasteiger partial charge in [0.25, 0.3) is 0 Å². The van der Waals surface area contributed by atoms with Crippen molar-refractivity contribution in [2.75, 3.05) is 7.11 Å². The van der Waals surface area contributed by atoms with Crippen LogP contribution in [0.25, 0.3) is 0 Å². The molecule has 4 heteroatoms. The van der Waals surface area contributed by atoms with Gasteiger partial charge in [0.2, 0.25) is 5.76 Å². The van der Waals surface area contributed by atoms with Crippen LogP contribution < -0.4 is 0 Å². The molecule has 0 bridgehead atoms. The molecule has 1 heterocycles. The van der Waals surface area contributed by atoms with Gasteiger partial charge in [0.1, 0.15) is 11.5 Å². The zero-order valence-electron chi connectivity index (χ0n) is 11.2. The fourth-order valence-electron chi connectivity index (χ4n) is 2.06. The van der Waals surface area contributed by atoms with Gasteiger partial charge in [0, 0.05) is 12.0 Å². The molecule has 0 amide bonds. The molecular weight excluding hydrogens is 244 g/mol. The first-order chi connectivity index (χ1) is 9.01. The highest BCUT2D eigenvalue weighted by Crippen LogP contribution is 2.26. The third-order valence-corrected chi connectivity index (χ3v) is 2.99. The van der Waals surface area contributed by atoms with E-state index in [-0.39, 0.29) is 11.5 Å². The van der Waals surface area contributed by atoms with E-state index in [4.69, 9.17) is 4.42 Å². The summed E-state index contributed by atoms with van der Waals surface area (Å²) < 4.78 is 9.98. The topological polar surface area (TPSA) is 59.7 Å². The van der Waals surface area contributed by atoms with Crippen LogP contribution in [-0.2, 0) is 11.2 Å². The van der Waals surface area contributed by atoms with Crippen molar-refractivity contribution in [2.24, 2.45) is 0 Å². The lowest BCUT2D eigenvalue weighted by atomic mass is 10.0. The van der Waals surface area contributed by atoms with Crippen molar-refractivity contribution in [3.05, 3.63) is 52.5 Å². The van der Waals surface area contributed by atoms with Gasteiger partial charge in [0.05, 0.1) is 7.11 Å². The molecule has 0 radical (unpaired) electrons. The number of phenols is 1. The van der Waals surface area contributed by atoms with Gasteiger partial charge in [-0.15, -0.1) is 0 Å². The van der Waals surface area contributed by atoms with Crippen LogP contribution in [0.3, 0.4) is 0 Å². The number of phenolic OH excluding ortho intramolecular Hbond substituents is 1. The lowest BCUT2D eigenvalue weighted by molar-refractivity contribution is 0.0563. The van der Waals surface area contributed by atoms with Crippen molar-refractivity contribution >= 4 is 5.97 Å². The van der Waals surface area contributed by atoms with Crippen molar-refractivity contribution in [3.8, 4) is 5.75 Å². The summed E-state index contributed by atoms with van der Waals surface area (Å²) >= 11 is 0. The molecule has 1 aromatic carbocycles. The summed E-state index contributed by atoms with van der Waals surface area (Å²) in [6.07, 6.45) is 0.439. The summed E-state index contributed by atoms with van der Waals surface area (Å²) in [4.78, 5) is 11.3. The first kappa shape index (κ1) is 13.2. The number of furan rings is 1. The normalized spacial score (nSPS) is 10.5. The largest absolute Gasteiger partial charge is 0.508 e. The molecule has 0 aliphatic heterocycles. The fraction of sp³-hybridized carbons (Fsp3) is 0.267. The number of aromatic hydroxyl groups is 1. The molecule has 0 aliphatic rings. The van der Waals surface area contributed by atoms with E-state index in [1.807, 2.05) is 19.9 Å². The van der Waals surface area contributed by atoms with Crippen LogP contribution in [-0.4, -0.2) is 18.2 Å². The molecule has 2 aromatic rings. The van der Waals surface area contributed by atoms with Gasteiger partial charge in [-0.25, -0.2) is 4.79 Å². The van der Waals surface area contributed by atoms with Gasteiger partial charge in [0.15, 0.2) is 0 Å². The SMILES string of the molecule is COC(=O)c1ccc(Cc2c(C)cc(C)cc2O)o1. The summed E-state index contributed by atoms with van der Waals surface area (Å²) in [6.45, 7) is 3.87. The maximum atomic E-state index is 11.3. The maximum absolute atomic E-state index is 11.3. The van der Waals surface area contributed by atoms with Crippen LogP contribution in [0.4, 0.5) is 0 Å². The minimum atomic E-state index is -0.504.